The van der Waals surface area contributed by atoms with Crippen LogP contribution in [0.2, 0.25) is 5.02 Å². The fourth-order valence-corrected chi connectivity index (χ4v) is 3.51. The molecular weight excluding hydrogens is 360 g/mol. The van der Waals surface area contributed by atoms with Crippen molar-refractivity contribution in [1.29, 1.82) is 0 Å². The Kier molecular flexibility index (Phi) is 6.82. The van der Waals surface area contributed by atoms with Crippen LogP contribution >= 0.6 is 11.6 Å². The third-order valence-corrected chi connectivity index (χ3v) is 5.11. The molecule has 1 heterocycles. The van der Waals surface area contributed by atoms with Crippen LogP contribution in [0.25, 0.3) is 0 Å². The first kappa shape index (κ1) is 19.4. The van der Waals surface area contributed by atoms with Crippen molar-refractivity contribution in [2.75, 3.05) is 32.1 Å². The van der Waals surface area contributed by atoms with Crippen molar-refractivity contribution in [1.82, 2.24) is 10.6 Å². The SMILES string of the molecule is CN=C(NCc1ccc(Cl)cc1OC)NC1CCN(c2ccccc2)CC1. The minimum Gasteiger partial charge on any atom is -0.496 e. The number of halogens is 1. The summed E-state index contributed by atoms with van der Waals surface area (Å²) in [5.41, 5.74) is 2.34. The third-order valence-electron chi connectivity index (χ3n) is 4.88. The molecule has 1 aliphatic heterocycles. The molecule has 0 radical (unpaired) electrons. The highest BCUT2D eigenvalue weighted by Gasteiger charge is 2.20. The maximum Gasteiger partial charge on any atom is 0.191 e. The molecule has 2 aromatic rings. The fraction of sp³-hybridized carbons (Fsp3) is 0.381. The molecule has 0 amide bonds. The molecule has 0 aliphatic carbocycles. The lowest BCUT2D eigenvalue weighted by molar-refractivity contribution is 0.409. The molecule has 0 atom stereocenters. The van der Waals surface area contributed by atoms with Crippen LogP contribution in [0.1, 0.15) is 18.4 Å². The van der Waals surface area contributed by atoms with Crippen molar-refractivity contribution >= 4 is 23.2 Å². The summed E-state index contributed by atoms with van der Waals surface area (Å²) >= 11 is 6.03. The smallest absolute Gasteiger partial charge is 0.191 e. The molecule has 1 fully saturated rings. The maximum absolute atomic E-state index is 6.03. The lowest BCUT2D eigenvalue weighted by Crippen LogP contribution is -2.48. The molecule has 27 heavy (non-hydrogen) atoms. The van der Waals surface area contributed by atoms with Crippen LogP contribution in [-0.2, 0) is 6.54 Å². The maximum atomic E-state index is 6.03. The van der Waals surface area contributed by atoms with Crippen molar-refractivity contribution in [3.8, 4) is 5.75 Å². The van der Waals surface area contributed by atoms with Gasteiger partial charge in [0.2, 0.25) is 0 Å². The van der Waals surface area contributed by atoms with Gasteiger partial charge in [-0.25, -0.2) is 0 Å². The van der Waals surface area contributed by atoms with E-state index in [1.807, 2.05) is 18.2 Å². The summed E-state index contributed by atoms with van der Waals surface area (Å²) in [5.74, 6) is 1.59. The fourth-order valence-electron chi connectivity index (χ4n) is 3.35. The van der Waals surface area contributed by atoms with Crippen molar-refractivity contribution < 1.29 is 4.74 Å². The van der Waals surface area contributed by atoms with Gasteiger partial charge in [-0.15, -0.1) is 0 Å². The van der Waals surface area contributed by atoms with Crippen molar-refractivity contribution in [3.05, 3.63) is 59.1 Å². The number of nitrogens with zero attached hydrogens (tertiary/aromatic N) is 2. The Bertz CT molecular complexity index is 758. The van der Waals surface area contributed by atoms with Crippen LogP contribution in [0.3, 0.4) is 0 Å². The Balaban J connectivity index is 1.50. The number of guanidine groups is 1. The van der Waals surface area contributed by atoms with Crippen molar-refractivity contribution in [2.24, 2.45) is 4.99 Å². The van der Waals surface area contributed by atoms with Crippen LogP contribution in [0.4, 0.5) is 5.69 Å². The molecule has 2 N–H and O–H groups in total. The second kappa shape index (κ2) is 9.51. The summed E-state index contributed by atoms with van der Waals surface area (Å²) in [6.07, 6.45) is 2.17. The quantitative estimate of drug-likeness (QED) is 0.608. The van der Waals surface area contributed by atoms with Crippen molar-refractivity contribution in [3.63, 3.8) is 0 Å². The van der Waals surface area contributed by atoms with Crippen LogP contribution in [0.15, 0.2) is 53.5 Å². The monoisotopic (exact) mass is 386 g/mol. The highest BCUT2D eigenvalue weighted by atomic mass is 35.5. The Morgan fingerprint density at radius 3 is 2.59 bits per heavy atom. The zero-order valence-corrected chi connectivity index (χ0v) is 16.7. The summed E-state index contributed by atoms with van der Waals surface area (Å²) in [5, 5.41) is 7.58. The zero-order valence-electron chi connectivity index (χ0n) is 15.9. The van der Waals surface area contributed by atoms with E-state index in [0.717, 1.165) is 43.2 Å². The lowest BCUT2D eigenvalue weighted by Gasteiger charge is -2.34. The lowest BCUT2D eigenvalue weighted by atomic mass is 10.0. The van der Waals surface area contributed by atoms with Gasteiger partial charge >= 0.3 is 0 Å². The summed E-state index contributed by atoms with van der Waals surface area (Å²) < 4.78 is 5.41. The number of hydrogen-bond acceptors (Lipinski definition) is 3. The van der Waals surface area contributed by atoms with E-state index in [4.69, 9.17) is 16.3 Å². The average molecular weight is 387 g/mol. The summed E-state index contributed by atoms with van der Waals surface area (Å²) in [6, 6.07) is 16.7. The van der Waals surface area contributed by atoms with Gasteiger partial charge < -0.3 is 20.3 Å². The van der Waals surface area contributed by atoms with E-state index in [2.05, 4.69) is 50.9 Å². The molecule has 0 spiro atoms. The second-order valence-corrected chi connectivity index (χ2v) is 7.06. The van der Waals surface area contributed by atoms with Gasteiger partial charge in [-0.05, 0) is 37.1 Å². The first-order chi connectivity index (χ1) is 13.2. The number of ether oxygens (including phenoxy) is 1. The van der Waals surface area contributed by atoms with E-state index in [0.29, 0.717) is 17.6 Å². The van der Waals surface area contributed by atoms with E-state index in [1.165, 1.54) is 5.69 Å². The standard InChI is InChI=1S/C21H27ClN4O/c1-23-21(24-15-16-8-9-17(22)14-20(16)27-2)25-18-10-12-26(13-11-18)19-6-4-3-5-7-19/h3-9,14,18H,10-13,15H2,1-2H3,(H2,23,24,25). The molecule has 1 saturated heterocycles. The zero-order chi connectivity index (χ0) is 19.1. The molecule has 0 unspecified atom stereocenters. The number of methoxy groups -OCH3 is 1. The van der Waals surface area contributed by atoms with Gasteiger partial charge in [0, 0.05) is 49.0 Å². The average Bonchev–Trinajstić information content (AvgIpc) is 2.72. The van der Waals surface area contributed by atoms with Crippen LogP contribution in [0.5, 0.6) is 5.75 Å². The highest BCUT2D eigenvalue weighted by molar-refractivity contribution is 6.30. The van der Waals surface area contributed by atoms with Crippen LogP contribution < -0.4 is 20.3 Å². The molecule has 3 rings (SSSR count). The predicted molar refractivity (Wildman–Crippen MR) is 113 cm³/mol. The van der Waals surface area contributed by atoms with E-state index < -0.39 is 0 Å². The first-order valence-corrected chi connectivity index (χ1v) is 9.67. The molecule has 0 saturated carbocycles. The highest BCUT2D eigenvalue weighted by Crippen LogP contribution is 2.23. The topological polar surface area (TPSA) is 48.9 Å². The minimum atomic E-state index is 0.420. The Morgan fingerprint density at radius 2 is 1.93 bits per heavy atom. The number of para-hydroxylation sites is 1. The van der Waals surface area contributed by atoms with Gasteiger partial charge in [0.1, 0.15) is 5.75 Å². The Labute approximate surface area is 166 Å². The van der Waals surface area contributed by atoms with Gasteiger partial charge in [-0.3, -0.25) is 4.99 Å². The van der Waals surface area contributed by atoms with Crippen LogP contribution in [0, 0.1) is 0 Å². The number of rotatable bonds is 5. The predicted octanol–water partition coefficient (Wildman–Crippen LogP) is 3.68. The minimum absolute atomic E-state index is 0.420. The van der Waals surface area contributed by atoms with E-state index in [-0.39, 0.29) is 0 Å². The van der Waals surface area contributed by atoms with Crippen molar-refractivity contribution in [2.45, 2.75) is 25.4 Å². The number of benzene rings is 2. The second-order valence-electron chi connectivity index (χ2n) is 6.62. The largest absolute Gasteiger partial charge is 0.496 e. The van der Waals surface area contributed by atoms with E-state index in [9.17, 15) is 0 Å². The summed E-state index contributed by atoms with van der Waals surface area (Å²) in [7, 11) is 3.45. The molecule has 144 valence electrons. The van der Waals surface area contributed by atoms with Gasteiger partial charge in [0.25, 0.3) is 0 Å². The molecule has 0 aromatic heterocycles. The van der Waals surface area contributed by atoms with Gasteiger partial charge in [-0.2, -0.15) is 0 Å². The van der Waals surface area contributed by atoms with Gasteiger partial charge in [0.05, 0.1) is 7.11 Å². The molecule has 5 nitrogen and oxygen atoms in total. The Hall–Kier alpha value is -2.40. The number of aliphatic imine (C=N–C) groups is 1. The van der Waals surface area contributed by atoms with Gasteiger partial charge in [0.15, 0.2) is 5.96 Å². The van der Waals surface area contributed by atoms with Crippen LogP contribution in [-0.4, -0.2) is 39.2 Å². The molecular formula is C21H27ClN4O. The molecule has 0 bridgehead atoms. The number of piperidine rings is 1. The van der Waals surface area contributed by atoms with E-state index in [1.54, 1.807) is 14.2 Å². The van der Waals surface area contributed by atoms with Gasteiger partial charge in [-0.1, -0.05) is 35.9 Å². The molecule has 2 aromatic carbocycles. The molecule has 1 aliphatic rings. The Morgan fingerprint density at radius 1 is 1.19 bits per heavy atom. The first-order valence-electron chi connectivity index (χ1n) is 9.29. The number of hydrogen-bond donors (Lipinski definition) is 2. The van der Waals surface area contributed by atoms with E-state index >= 15 is 0 Å². The molecule has 6 heteroatoms. The summed E-state index contributed by atoms with van der Waals surface area (Å²) in [4.78, 5) is 6.80. The third kappa shape index (κ3) is 5.30. The number of anilines is 1. The number of nitrogens with one attached hydrogen (secondary N) is 2. The normalized spacial score (nSPS) is 15.5. The summed E-state index contributed by atoms with van der Waals surface area (Å²) in [6.45, 7) is 2.72.